The number of hydrogen-bond acceptors (Lipinski definition) is 15. The van der Waals surface area contributed by atoms with Crippen LogP contribution in [0.5, 0.6) is 5.75 Å². The Bertz CT molecular complexity index is 2470. The summed E-state index contributed by atoms with van der Waals surface area (Å²) in [5.41, 5.74) is 4.01. The second kappa shape index (κ2) is 18.0. The molecule has 2 aromatic heterocycles. The summed E-state index contributed by atoms with van der Waals surface area (Å²) in [5.74, 6) is 0.0699. The topological polar surface area (TPSA) is 195 Å². The van der Waals surface area contributed by atoms with Crippen molar-refractivity contribution in [3.8, 4) is 28.5 Å². The third kappa shape index (κ3) is 8.80. The molecule has 1 atom stereocenters. The van der Waals surface area contributed by atoms with Gasteiger partial charge in [-0.3, -0.25) is 34.3 Å². The number of carbonyl (C=O) groups excluding carboxylic acids is 4. The first-order valence-corrected chi connectivity index (χ1v) is 22.1. The molecule has 18 nitrogen and oxygen atoms in total. The second-order valence-corrected chi connectivity index (χ2v) is 17.1. The summed E-state index contributed by atoms with van der Waals surface area (Å²) >= 11 is 0. The number of amides is 4. The van der Waals surface area contributed by atoms with E-state index in [0.717, 1.165) is 143 Å². The Morgan fingerprint density at radius 1 is 0.714 bits per heavy atom. The van der Waals surface area contributed by atoms with E-state index in [2.05, 4.69) is 50.7 Å². The number of benzene rings is 3. The molecule has 0 bridgehead atoms. The summed E-state index contributed by atoms with van der Waals surface area (Å²) in [4.78, 5) is 61.3. The van der Waals surface area contributed by atoms with E-state index in [9.17, 15) is 19.2 Å². The van der Waals surface area contributed by atoms with Gasteiger partial charge in [-0.05, 0) is 85.8 Å². The summed E-state index contributed by atoms with van der Waals surface area (Å²) in [6, 6.07) is 18.2. The fourth-order valence-corrected chi connectivity index (χ4v) is 9.54. The number of rotatable bonds is 13. The molecule has 4 fully saturated rings. The van der Waals surface area contributed by atoms with Crippen LogP contribution in [0.4, 0.5) is 5.69 Å². The molecule has 1 unspecified atom stereocenters. The fraction of sp³-hybridized carbons (Fsp3) is 0.467. The lowest BCUT2D eigenvalue weighted by atomic mass is 10.0. The lowest BCUT2D eigenvalue weighted by Gasteiger charge is -2.38. The van der Waals surface area contributed by atoms with Crippen LogP contribution in [-0.2, 0) is 14.3 Å². The Labute approximate surface area is 363 Å². The minimum absolute atomic E-state index is 0.100. The molecule has 0 radical (unpaired) electrons. The lowest BCUT2D eigenvalue weighted by molar-refractivity contribution is -0.136. The van der Waals surface area contributed by atoms with Gasteiger partial charge < -0.3 is 28.7 Å². The highest BCUT2D eigenvalue weighted by molar-refractivity contribution is 6.23. The molecule has 0 spiro atoms. The monoisotopic (exact) mass is 857 g/mol. The van der Waals surface area contributed by atoms with E-state index in [1.807, 2.05) is 48.5 Å². The van der Waals surface area contributed by atoms with Gasteiger partial charge in [0.05, 0.1) is 29.2 Å². The molecule has 18 heteroatoms. The van der Waals surface area contributed by atoms with Crippen molar-refractivity contribution in [1.29, 1.82) is 0 Å². The van der Waals surface area contributed by atoms with E-state index in [0.29, 0.717) is 28.8 Å². The summed E-state index contributed by atoms with van der Waals surface area (Å²) in [6.07, 6.45) is 4.71. The first kappa shape index (κ1) is 41.0. The van der Waals surface area contributed by atoms with E-state index in [4.69, 9.17) is 14.0 Å². The van der Waals surface area contributed by atoms with Crippen LogP contribution in [0.1, 0.15) is 59.2 Å². The number of nitrogens with one attached hydrogen (secondary N) is 2. The Kier molecular flexibility index (Phi) is 11.7. The fourth-order valence-electron chi connectivity index (χ4n) is 9.54. The van der Waals surface area contributed by atoms with Gasteiger partial charge in [0, 0.05) is 95.2 Å². The number of imide groups is 2. The van der Waals surface area contributed by atoms with Crippen LogP contribution < -0.4 is 15.0 Å². The van der Waals surface area contributed by atoms with Crippen LogP contribution >= 0.6 is 0 Å². The first-order chi connectivity index (χ1) is 30.8. The largest absolute Gasteiger partial charge is 0.490 e. The van der Waals surface area contributed by atoms with Crippen LogP contribution in [0.25, 0.3) is 33.6 Å². The van der Waals surface area contributed by atoms with Crippen LogP contribution in [0.15, 0.2) is 65.2 Å². The molecule has 328 valence electrons. The third-order valence-electron chi connectivity index (χ3n) is 13.2. The van der Waals surface area contributed by atoms with Crippen molar-refractivity contribution in [2.24, 2.45) is 0 Å². The van der Waals surface area contributed by atoms with Gasteiger partial charge >= 0.3 is 0 Å². The van der Waals surface area contributed by atoms with Gasteiger partial charge in [-0.2, -0.15) is 5.21 Å². The molecule has 2 N–H and O–H groups in total. The van der Waals surface area contributed by atoms with Crippen LogP contribution in [0.2, 0.25) is 0 Å². The minimum atomic E-state index is -0.962. The van der Waals surface area contributed by atoms with Crippen LogP contribution in [0, 0.1) is 0 Å². The number of tetrazole rings is 1. The number of nitrogens with zero attached hydrogens (tertiary/aromatic N) is 9. The Morgan fingerprint density at radius 3 is 2.22 bits per heavy atom. The average Bonchev–Trinajstić information content (AvgIpc) is 4.06. The number of hydrogen-bond donors (Lipinski definition) is 2. The molecule has 5 aliphatic heterocycles. The quantitative estimate of drug-likeness (QED) is 0.164. The van der Waals surface area contributed by atoms with Gasteiger partial charge in [0.15, 0.2) is 5.76 Å². The molecule has 63 heavy (non-hydrogen) atoms. The van der Waals surface area contributed by atoms with Crippen molar-refractivity contribution < 1.29 is 33.2 Å². The molecule has 4 amide bonds. The molecule has 7 heterocycles. The van der Waals surface area contributed by atoms with Gasteiger partial charge in [-0.15, -0.1) is 10.2 Å². The normalized spacial score (nSPS) is 21.1. The van der Waals surface area contributed by atoms with Crippen molar-refractivity contribution in [1.82, 2.24) is 50.7 Å². The highest BCUT2D eigenvalue weighted by Gasteiger charge is 2.45. The van der Waals surface area contributed by atoms with E-state index in [1.165, 1.54) is 0 Å². The number of fused-ring (bicyclic) bond motifs is 2. The Hall–Kier alpha value is -6.08. The molecule has 5 aliphatic rings. The molecular weight excluding hydrogens is 807 g/mol. The van der Waals surface area contributed by atoms with E-state index >= 15 is 0 Å². The molecule has 3 aromatic carbocycles. The summed E-state index contributed by atoms with van der Waals surface area (Å²) < 4.78 is 18.6. The zero-order valence-corrected chi connectivity index (χ0v) is 35.1. The average molecular weight is 858 g/mol. The lowest BCUT2D eigenvalue weighted by Crippen LogP contribution is -2.54. The molecule has 10 rings (SSSR count). The van der Waals surface area contributed by atoms with Crippen molar-refractivity contribution in [3.05, 3.63) is 71.8 Å². The standard InChI is InChI=1S/C45H51N11O7/c57-40-9-8-39(43(58)46-40)56-44(59)35-6-5-31(28-36(35)45(56)60)55-22-20-54(21-23-55)19-18-52-14-10-32(11-15-52)61-25-24-53-16-12-33(13-17-53)62-34-3-1-2-29(26-34)41-37-27-30(42-47-50-51-48-42)4-7-38(37)49-63-41/h1-7,26-28,32-33,39H,8-25H2,(H,46,57,58)(H,47,48,50,51). The molecule has 5 aromatic rings. The highest BCUT2D eigenvalue weighted by Crippen LogP contribution is 2.34. The minimum Gasteiger partial charge on any atom is -0.490 e. The molecule has 4 saturated heterocycles. The van der Waals surface area contributed by atoms with Crippen LogP contribution in [0.3, 0.4) is 0 Å². The number of aromatic nitrogens is 5. The Morgan fingerprint density at radius 2 is 1.46 bits per heavy atom. The number of piperazine rings is 1. The SMILES string of the molecule is O=C1CCC(N2C(=O)c3ccc(N4CCN(CCN5CCC(OCCN6CCC(Oc7cccc(-c8onc9ccc(-c%10nn[nH]n%10)cc89)c7)CC6)CC5)CC4)cc3C2=O)C(=O)N1. The Balaban J connectivity index is 0.610. The number of carbonyl (C=O) groups is 4. The van der Waals surface area contributed by atoms with Gasteiger partial charge in [0.1, 0.15) is 23.4 Å². The van der Waals surface area contributed by atoms with E-state index in [1.54, 1.807) is 12.1 Å². The van der Waals surface area contributed by atoms with Crippen LogP contribution in [-0.4, -0.2) is 166 Å². The number of likely N-dealkylation sites (tertiary alicyclic amines) is 2. The number of ether oxygens (including phenoxy) is 2. The maximum absolute atomic E-state index is 13.3. The third-order valence-corrected chi connectivity index (χ3v) is 13.2. The summed E-state index contributed by atoms with van der Waals surface area (Å²) in [5, 5.41) is 21.7. The predicted molar refractivity (Wildman–Crippen MR) is 230 cm³/mol. The number of aromatic amines is 1. The maximum atomic E-state index is 13.3. The number of anilines is 1. The number of piperidine rings is 3. The zero-order chi connectivity index (χ0) is 42.9. The van der Waals surface area contributed by atoms with E-state index < -0.39 is 23.8 Å². The van der Waals surface area contributed by atoms with Gasteiger partial charge in [-0.1, -0.05) is 17.3 Å². The maximum Gasteiger partial charge on any atom is 0.262 e. The molecular formula is C45H51N11O7. The summed E-state index contributed by atoms with van der Waals surface area (Å²) in [6.45, 7) is 11.2. The van der Waals surface area contributed by atoms with E-state index in [-0.39, 0.29) is 24.9 Å². The zero-order valence-electron chi connectivity index (χ0n) is 35.1. The van der Waals surface area contributed by atoms with Crippen molar-refractivity contribution in [3.63, 3.8) is 0 Å². The van der Waals surface area contributed by atoms with Gasteiger partial charge in [-0.25, -0.2) is 0 Å². The first-order valence-electron chi connectivity index (χ1n) is 22.1. The van der Waals surface area contributed by atoms with Crippen molar-refractivity contribution in [2.45, 2.75) is 56.8 Å². The second-order valence-electron chi connectivity index (χ2n) is 17.1. The highest BCUT2D eigenvalue weighted by atomic mass is 16.5. The molecule has 0 saturated carbocycles. The van der Waals surface area contributed by atoms with Gasteiger partial charge in [0.2, 0.25) is 17.6 Å². The summed E-state index contributed by atoms with van der Waals surface area (Å²) in [7, 11) is 0. The van der Waals surface area contributed by atoms with Crippen molar-refractivity contribution in [2.75, 3.05) is 83.5 Å². The number of H-pyrrole nitrogens is 1. The van der Waals surface area contributed by atoms with Crippen molar-refractivity contribution >= 4 is 40.2 Å². The van der Waals surface area contributed by atoms with Gasteiger partial charge in [0.25, 0.3) is 11.8 Å². The predicted octanol–water partition coefficient (Wildman–Crippen LogP) is 3.22. The molecule has 0 aliphatic carbocycles. The smallest absolute Gasteiger partial charge is 0.262 e.